The molecule has 1 heterocycles. The van der Waals surface area contributed by atoms with Crippen LogP contribution in [-0.2, 0) is 14.6 Å². The van der Waals surface area contributed by atoms with E-state index in [4.69, 9.17) is 0 Å². The van der Waals surface area contributed by atoms with Crippen LogP contribution in [0, 0.1) is 0 Å². The predicted octanol–water partition coefficient (Wildman–Crippen LogP) is 2.86. The van der Waals surface area contributed by atoms with Crippen LogP contribution < -0.4 is 10.2 Å². The molecular formula is C17H22N2O3S2. The zero-order valence-corrected chi connectivity index (χ0v) is 15.7. The average Bonchev–Trinajstić information content (AvgIpc) is 3.10. The predicted molar refractivity (Wildman–Crippen MR) is 98.3 cm³/mol. The fourth-order valence-corrected chi connectivity index (χ4v) is 5.16. The third-order valence-electron chi connectivity index (χ3n) is 3.74. The maximum absolute atomic E-state index is 13.0. The lowest BCUT2D eigenvalue weighted by atomic mass is 10.1. The van der Waals surface area contributed by atoms with E-state index in [1.807, 2.05) is 43.3 Å². The quantitative estimate of drug-likeness (QED) is 0.818. The van der Waals surface area contributed by atoms with Gasteiger partial charge in [0.25, 0.3) is 0 Å². The van der Waals surface area contributed by atoms with Crippen LogP contribution in [0.4, 0.5) is 5.69 Å². The Hall–Kier alpha value is -1.86. The molecule has 1 N–H and O–H groups in total. The molecule has 0 radical (unpaired) electrons. The van der Waals surface area contributed by atoms with E-state index in [1.54, 1.807) is 24.4 Å². The van der Waals surface area contributed by atoms with Crippen molar-refractivity contribution in [3.8, 4) is 0 Å². The maximum atomic E-state index is 13.0. The first kappa shape index (κ1) is 18.5. The first-order chi connectivity index (χ1) is 11.4. The van der Waals surface area contributed by atoms with Gasteiger partial charge in [-0.1, -0.05) is 25.1 Å². The van der Waals surface area contributed by atoms with E-state index in [-0.39, 0.29) is 12.5 Å². The van der Waals surface area contributed by atoms with E-state index in [0.29, 0.717) is 16.2 Å². The number of amides is 1. The monoisotopic (exact) mass is 366 g/mol. The summed E-state index contributed by atoms with van der Waals surface area (Å²) in [5.41, 5.74) is 1.66. The third kappa shape index (κ3) is 4.15. The minimum absolute atomic E-state index is 0.0637. The summed E-state index contributed by atoms with van der Waals surface area (Å²) in [7, 11) is 0.296. The molecule has 0 unspecified atom stereocenters. The summed E-state index contributed by atoms with van der Waals surface area (Å²) in [6, 6.07) is 10.7. The number of thiophene rings is 1. The van der Waals surface area contributed by atoms with Crippen molar-refractivity contribution in [2.75, 3.05) is 25.5 Å². The van der Waals surface area contributed by atoms with E-state index in [9.17, 15) is 13.2 Å². The van der Waals surface area contributed by atoms with E-state index < -0.39 is 15.1 Å². The number of carbonyl (C=O) groups is 1. The Labute approximate surface area is 147 Å². The van der Waals surface area contributed by atoms with Crippen molar-refractivity contribution in [3.05, 3.63) is 47.3 Å². The van der Waals surface area contributed by atoms with Gasteiger partial charge in [0.05, 0.1) is 0 Å². The van der Waals surface area contributed by atoms with Crippen LogP contribution in [0.25, 0.3) is 0 Å². The molecule has 1 aromatic carbocycles. The van der Waals surface area contributed by atoms with Crippen molar-refractivity contribution in [2.24, 2.45) is 0 Å². The van der Waals surface area contributed by atoms with Crippen molar-refractivity contribution >= 4 is 32.8 Å². The molecule has 130 valence electrons. The number of benzene rings is 1. The molecular weight excluding hydrogens is 344 g/mol. The molecule has 0 aliphatic carbocycles. The summed E-state index contributed by atoms with van der Waals surface area (Å²) >= 11 is 1.19. The zero-order chi connectivity index (χ0) is 17.7. The fourth-order valence-electron chi connectivity index (χ4n) is 2.29. The second-order valence-corrected chi connectivity index (χ2v) is 8.91. The third-order valence-corrected chi connectivity index (χ3v) is 7.27. The Balaban J connectivity index is 2.37. The summed E-state index contributed by atoms with van der Waals surface area (Å²) in [6.45, 7) is 1.80. The van der Waals surface area contributed by atoms with E-state index in [0.717, 1.165) is 5.69 Å². The summed E-state index contributed by atoms with van der Waals surface area (Å²) in [6.07, 6.45) is 0.325. The average molecular weight is 367 g/mol. The van der Waals surface area contributed by atoms with Crippen LogP contribution >= 0.6 is 11.3 Å². The van der Waals surface area contributed by atoms with Gasteiger partial charge in [0.2, 0.25) is 5.91 Å². The second kappa shape index (κ2) is 7.81. The summed E-state index contributed by atoms with van der Waals surface area (Å²) < 4.78 is 26.2. The lowest BCUT2D eigenvalue weighted by molar-refractivity contribution is -0.120. The lowest BCUT2D eigenvalue weighted by Gasteiger charge is -2.19. The van der Waals surface area contributed by atoms with Gasteiger partial charge in [-0.3, -0.25) is 4.79 Å². The number of nitrogens with zero attached hydrogens (tertiary/aromatic N) is 1. The lowest BCUT2D eigenvalue weighted by Crippen LogP contribution is -2.31. The molecule has 1 amide bonds. The molecule has 1 aromatic heterocycles. The number of anilines is 1. The molecule has 2 rings (SSSR count). The highest BCUT2D eigenvalue weighted by Gasteiger charge is 2.30. The number of hydrogen-bond acceptors (Lipinski definition) is 5. The van der Waals surface area contributed by atoms with E-state index >= 15 is 0 Å². The second-order valence-electron chi connectivity index (χ2n) is 5.61. The van der Waals surface area contributed by atoms with Crippen LogP contribution in [0.2, 0.25) is 0 Å². The van der Waals surface area contributed by atoms with Gasteiger partial charge in [-0.05, 0) is 29.1 Å². The summed E-state index contributed by atoms with van der Waals surface area (Å²) in [5, 5.41) is 3.65. The van der Waals surface area contributed by atoms with Crippen LogP contribution in [0.5, 0.6) is 0 Å². The van der Waals surface area contributed by atoms with Gasteiger partial charge >= 0.3 is 0 Å². The van der Waals surface area contributed by atoms with Crippen molar-refractivity contribution in [1.29, 1.82) is 0 Å². The SMILES string of the molecule is CCC(=O)NC[C@@H](c1ccc(N(C)C)cc1)S(=O)(=O)c1cccs1. The smallest absolute Gasteiger partial charge is 0.219 e. The number of hydrogen-bond donors (Lipinski definition) is 1. The van der Waals surface area contributed by atoms with Gasteiger partial charge in [-0.25, -0.2) is 8.42 Å². The number of nitrogens with one attached hydrogen (secondary N) is 1. The normalized spacial score (nSPS) is 12.6. The maximum Gasteiger partial charge on any atom is 0.219 e. The van der Waals surface area contributed by atoms with Crippen LogP contribution in [-0.4, -0.2) is 35.0 Å². The van der Waals surface area contributed by atoms with Crippen molar-refractivity contribution in [1.82, 2.24) is 5.32 Å². The molecule has 0 aliphatic heterocycles. The standard InChI is InChI=1S/C17H22N2O3S2/c1-4-16(20)18-12-15(24(21,22)17-6-5-11-23-17)13-7-9-14(10-8-13)19(2)3/h5-11,15H,4,12H2,1-3H3,(H,18,20)/t15-/m0/s1. The molecule has 24 heavy (non-hydrogen) atoms. The summed E-state index contributed by atoms with van der Waals surface area (Å²) in [4.78, 5) is 13.5. The topological polar surface area (TPSA) is 66.5 Å². The Kier molecular flexibility index (Phi) is 6.01. The number of carbonyl (C=O) groups excluding carboxylic acids is 1. The van der Waals surface area contributed by atoms with Gasteiger partial charge in [0.15, 0.2) is 9.84 Å². The van der Waals surface area contributed by atoms with Crippen LogP contribution in [0.3, 0.4) is 0 Å². The molecule has 7 heteroatoms. The summed E-state index contributed by atoms with van der Waals surface area (Å²) in [5.74, 6) is -0.161. The van der Waals surface area contributed by atoms with Crippen molar-refractivity contribution < 1.29 is 13.2 Å². The van der Waals surface area contributed by atoms with Gasteiger partial charge in [0, 0.05) is 32.7 Å². The van der Waals surface area contributed by atoms with Crippen molar-refractivity contribution in [2.45, 2.75) is 22.8 Å². The first-order valence-corrected chi connectivity index (χ1v) is 10.1. The first-order valence-electron chi connectivity index (χ1n) is 7.67. The molecule has 0 aliphatic rings. The highest BCUT2D eigenvalue weighted by Crippen LogP contribution is 2.32. The Morgan fingerprint density at radius 2 is 1.88 bits per heavy atom. The minimum Gasteiger partial charge on any atom is -0.378 e. The molecule has 5 nitrogen and oxygen atoms in total. The molecule has 2 aromatic rings. The minimum atomic E-state index is -3.56. The zero-order valence-electron chi connectivity index (χ0n) is 14.0. The van der Waals surface area contributed by atoms with Crippen LogP contribution in [0.1, 0.15) is 24.2 Å². The fraction of sp³-hybridized carbons (Fsp3) is 0.353. The Morgan fingerprint density at radius 1 is 1.21 bits per heavy atom. The Morgan fingerprint density at radius 3 is 2.38 bits per heavy atom. The molecule has 0 spiro atoms. The largest absolute Gasteiger partial charge is 0.378 e. The van der Waals surface area contributed by atoms with Gasteiger partial charge < -0.3 is 10.2 Å². The molecule has 0 saturated carbocycles. The molecule has 1 atom stereocenters. The van der Waals surface area contributed by atoms with Gasteiger partial charge in [-0.2, -0.15) is 0 Å². The number of sulfone groups is 1. The highest BCUT2D eigenvalue weighted by atomic mass is 32.2. The van der Waals surface area contributed by atoms with E-state index in [2.05, 4.69) is 5.32 Å². The van der Waals surface area contributed by atoms with Gasteiger partial charge in [0.1, 0.15) is 9.46 Å². The Bertz CT molecular complexity index is 767. The molecule has 0 saturated heterocycles. The molecule has 0 fully saturated rings. The van der Waals surface area contributed by atoms with Gasteiger partial charge in [-0.15, -0.1) is 11.3 Å². The molecule has 0 bridgehead atoms. The van der Waals surface area contributed by atoms with Crippen molar-refractivity contribution in [3.63, 3.8) is 0 Å². The number of rotatable bonds is 7. The van der Waals surface area contributed by atoms with E-state index in [1.165, 1.54) is 11.3 Å². The highest BCUT2D eigenvalue weighted by molar-refractivity contribution is 7.93. The van der Waals surface area contributed by atoms with Crippen LogP contribution in [0.15, 0.2) is 46.0 Å².